The van der Waals surface area contributed by atoms with E-state index < -0.39 is 6.09 Å². The number of hydrogen-bond acceptors (Lipinski definition) is 5. The van der Waals surface area contributed by atoms with Crippen molar-refractivity contribution in [1.82, 2.24) is 9.97 Å². The summed E-state index contributed by atoms with van der Waals surface area (Å²) < 4.78 is 10.4. The average molecular weight is 287 g/mol. The molecule has 0 atom stereocenters. The van der Waals surface area contributed by atoms with E-state index in [0.29, 0.717) is 24.1 Å². The lowest BCUT2D eigenvalue weighted by Gasteiger charge is -2.07. The quantitative estimate of drug-likeness (QED) is 0.932. The highest BCUT2D eigenvalue weighted by molar-refractivity contribution is 5.84. The Morgan fingerprint density at radius 2 is 1.76 bits per heavy atom. The molecule has 6 nitrogen and oxygen atoms in total. The summed E-state index contributed by atoms with van der Waals surface area (Å²) in [7, 11) is 0. The molecule has 0 aliphatic carbocycles. The predicted molar refractivity (Wildman–Crippen MR) is 78.7 cm³/mol. The standard InChI is InChI=1S/C15H17N3O3/c1-4-20-15(19)18-12-5-7-13(8-6-12)21-14-16-10(2)9-11(3)17-14/h5-9H,4H2,1-3H3,(H,18,19). The Kier molecular flexibility index (Phi) is 4.71. The second-order valence-corrected chi connectivity index (χ2v) is 4.41. The molecule has 2 rings (SSSR count). The Hall–Kier alpha value is -2.63. The molecule has 0 fully saturated rings. The first kappa shape index (κ1) is 14.8. The Balaban J connectivity index is 2.03. The zero-order valence-corrected chi connectivity index (χ0v) is 12.2. The van der Waals surface area contributed by atoms with Crippen LogP contribution in [0.4, 0.5) is 10.5 Å². The third-order valence-corrected chi connectivity index (χ3v) is 2.55. The van der Waals surface area contributed by atoms with Gasteiger partial charge in [-0.3, -0.25) is 5.32 Å². The number of amides is 1. The highest BCUT2D eigenvalue weighted by Crippen LogP contribution is 2.20. The number of anilines is 1. The van der Waals surface area contributed by atoms with Crippen molar-refractivity contribution >= 4 is 11.8 Å². The van der Waals surface area contributed by atoms with E-state index in [1.54, 1.807) is 31.2 Å². The fraction of sp³-hybridized carbons (Fsp3) is 0.267. The van der Waals surface area contributed by atoms with Gasteiger partial charge in [-0.2, -0.15) is 0 Å². The first-order valence-electron chi connectivity index (χ1n) is 6.61. The van der Waals surface area contributed by atoms with Crippen molar-refractivity contribution in [2.75, 3.05) is 11.9 Å². The summed E-state index contributed by atoms with van der Waals surface area (Å²) in [5, 5.41) is 2.60. The summed E-state index contributed by atoms with van der Waals surface area (Å²) in [5.41, 5.74) is 2.32. The van der Waals surface area contributed by atoms with Crippen LogP contribution in [0.25, 0.3) is 0 Å². The lowest BCUT2D eigenvalue weighted by molar-refractivity contribution is 0.168. The van der Waals surface area contributed by atoms with Crippen LogP contribution in [0.15, 0.2) is 30.3 Å². The van der Waals surface area contributed by atoms with Gasteiger partial charge in [0.25, 0.3) is 0 Å². The number of carbonyl (C=O) groups is 1. The van der Waals surface area contributed by atoms with Gasteiger partial charge in [0.15, 0.2) is 0 Å². The molecule has 0 spiro atoms. The fourth-order valence-electron chi connectivity index (χ4n) is 1.74. The molecular formula is C15H17N3O3. The number of aromatic nitrogens is 2. The number of nitrogens with zero attached hydrogens (tertiary/aromatic N) is 2. The fourth-order valence-corrected chi connectivity index (χ4v) is 1.74. The van der Waals surface area contributed by atoms with Crippen LogP contribution >= 0.6 is 0 Å². The van der Waals surface area contributed by atoms with Gasteiger partial charge in [-0.1, -0.05) is 0 Å². The van der Waals surface area contributed by atoms with E-state index in [1.807, 2.05) is 19.9 Å². The van der Waals surface area contributed by atoms with Crippen molar-refractivity contribution in [3.8, 4) is 11.8 Å². The van der Waals surface area contributed by atoms with E-state index in [1.165, 1.54) is 0 Å². The molecule has 21 heavy (non-hydrogen) atoms. The molecule has 0 bridgehead atoms. The minimum Gasteiger partial charge on any atom is -0.450 e. The summed E-state index contributed by atoms with van der Waals surface area (Å²) in [4.78, 5) is 19.7. The largest absolute Gasteiger partial charge is 0.450 e. The van der Waals surface area contributed by atoms with Gasteiger partial charge >= 0.3 is 12.1 Å². The highest BCUT2D eigenvalue weighted by atomic mass is 16.5. The summed E-state index contributed by atoms with van der Waals surface area (Å²) in [6.45, 7) is 5.85. The summed E-state index contributed by atoms with van der Waals surface area (Å²) in [6, 6.07) is 9.06. The summed E-state index contributed by atoms with van der Waals surface area (Å²) in [5.74, 6) is 0.592. The Labute approximate surface area is 123 Å². The Morgan fingerprint density at radius 1 is 1.14 bits per heavy atom. The number of ether oxygens (including phenoxy) is 2. The normalized spacial score (nSPS) is 10.0. The van der Waals surface area contributed by atoms with Gasteiger partial charge in [-0.15, -0.1) is 0 Å². The van der Waals surface area contributed by atoms with Crippen molar-refractivity contribution < 1.29 is 14.3 Å². The lowest BCUT2D eigenvalue weighted by Crippen LogP contribution is -2.13. The molecule has 0 unspecified atom stereocenters. The SMILES string of the molecule is CCOC(=O)Nc1ccc(Oc2nc(C)cc(C)n2)cc1. The predicted octanol–water partition coefficient (Wildman–Crippen LogP) is 3.45. The maximum Gasteiger partial charge on any atom is 0.411 e. The van der Waals surface area contributed by atoms with Crippen LogP contribution in [0.2, 0.25) is 0 Å². The molecule has 6 heteroatoms. The van der Waals surface area contributed by atoms with E-state index in [-0.39, 0.29) is 0 Å². The van der Waals surface area contributed by atoms with Crippen LogP contribution in [-0.4, -0.2) is 22.7 Å². The number of rotatable bonds is 4. The molecule has 1 N–H and O–H groups in total. The summed E-state index contributed by atoms with van der Waals surface area (Å²) in [6.07, 6.45) is -0.483. The monoisotopic (exact) mass is 287 g/mol. The minimum atomic E-state index is -0.483. The zero-order chi connectivity index (χ0) is 15.2. The van der Waals surface area contributed by atoms with Gasteiger partial charge in [-0.05, 0) is 51.1 Å². The van der Waals surface area contributed by atoms with E-state index in [4.69, 9.17) is 9.47 Å². The number of aryl methyl sites for hydroxylation is 2. The molecule has 1 amide bonds. The topological polar surface area (TPSA) is 73.3 Å². The van der Waals surface area contributed by atoms with Gasteiger partial charge in [0.1, 0.15) is 5.75 Å². The van der Waals surface area contributed by atoms with Crippen molar-refractivity contribution in [3.05, 3.63) is 41.7 Å². The van der Waals surface area contributed by atoms with Gasteiger partial charge < -0.3 is 9.47 Å². The third kappa shape index (κ3) is 4.45. The van der Waals surface area contributed by atoms with Crippen LogP contribution < -0.4 is 10.1 Å². The van der Waals surface area contributed by atoms with E-state index >= 15 is 0 Å². The number of nitrogens with one attached hydrogen (secondary N) is 1. The third-order valence-electron chi connectivity index (χ3n) is 2.55. The van der Waals surface area contributed by atoms with Gasteiger partial charge in [0.2, 0.25) is 0 Å². The Morgan fingerprint density at radius 3 is 2.33 bits per heavy atom. The minimum absolute atomic E-state index is 0.304. The molecule has 110 valence electrons. The molecular weight excluding hydrogens is 270 g/mol. The average Bonchev–Trinajstić information content (AvgIpc) is 2.40. The highest BCUT2D eigenvalue weighted by Gasteiger charge is 2.05. The van der Waals surface area contributed by atoms with Crippen molar-refractivity contribution in [3.63, 3.8) is 0 Å². The number of carbonyl (C=O) groups excluding carboxylic acids is 1. The van der Waals surface area contributed by atoms with E-state index in [9.17, 15) is 4.79 Å². The van der Waals surface area contributed by atoms with Gasteiger partial charge in [0.05, 0.1) is 6.61 Å². The van der Waals surface area contributed by atoms with E-state index in [0.717, 1.165) is 11.4 Å². The molecule has 0 saturated carbocycles. The first-order valence-corrected chi connectivity index (χ1v) is 6.61. The molecule has 1 aromatic carbocycles. The second kappa shape index (κ2) is 6.69. The van der Waals surface area contributed by atoms with Crippen molar-refractivity contribution in [1.29, 1.82) is 0 Å². The maximum absolute atomic E-state index is 11.3. The number of benzene rings is 1. The molecule has 0 aliphatic heterocycles. The molecule has 0 aliphatic rings. The smallest absolute Gasteiger partial charge is 0.411 e. The van der Waals surface area contributed by atoms with Crippen molar-refractivity contribution in [2.45, 2.75) is 20.8 Å². The maximum atomic E-state index is 11.3. The van der Waals surface area contributed by atoms with E-state index in [2.05, 4.69) is 15.3 Å². The molecule has 0 saturated heterocycles. The lowest BCUT2D eigenvalue weighted by atomic mass is 10.3. The molecule has 2 aromatic rings. The van der Waals surface area contributed by atoms with Gasteiger partial charge in [0, 0.05) is 17.1 Å². The molecule has 0 radical (unpaired) electrons. The summed E-state index contributed by atoms with van der Waals surface area (Å²) >= 11 is 0. The van der Waals surface area contributed by atoms with Crippen LogP contribution in [0.1, 0.15) is 18.3 Å². The van der Waals surface area contributed by atoms with Crippen LogP contribution in [0.5, 0.6) is 11.8 Å². The second-order valence-electron chi connectivity index (χ2n) is 4.41. The van der Waals surface area contributed by atoms with Crippen LogP contribution in [-0.2, 0) is 4.74 Å². The zero-order valence-electron chi connectivity index (χ0n) is 12.2. The Bertz CT molecular complexity index is 606. The van der Waals surface area contributed by atoms with Crippen LogP contribution in [0.3, 0.4) is 0 Å². The molecule has 1 heterocycles. The first-order chi connectivity index (χ1) is 10.1. The number of hydrogen-bond donors (Lipinski definition) is 1. The van der Waals surface area contributed by atoms with Gasteiger partial charge in [-0.25, -0.2) is 14.8 Å². The van der Waals surface area contributed by atoms with Crippen LogP contribution in [0, 0.1) is 13.8 Å². The van der Waals surface area contributed by atoms with Crippen molar-refractivity contribution in [2.24, 2.45) is 0 Å². The molecule has 1 aromatic heterocycles.